The van der Waals surface area contributed by atoms with Gasteiger partial charge in [-0.15, -0.1) is 0 Å². The van der Waals surface area contributed by atoms with Gasteiger partial charge in [-0.05, 0) is 107 Å². The van der Waals surface area contributed by atoms with Crippen LogP contribution in [-0.4, -0.2) is 110 Å². The Labute approximate surface area is 403 Å². The summed E-state index contributed by atoms with van der Waals surface area (Å²) in [5.74, 6) is 0.259. The summed E-state index contributed by atoms with van der Waals surface area (Å²) in [6.45, 7) is 9.30. The van der Waals surface area contributed by atoms with E-state index in [0.717, 1.165) is 46.6 Å². The molecule has 1 unspecified atom stereocenters. The van der Waals surface area contributed by atoms with Crippen LogP contribution in [0.25, 0.3) is 11.1 Å². The van der Waals surface area contributed by atoms with Crippen LogP contribution in [0.4, 0.5) is 11.4 Å². The van der Waals surface area contributed by atoms with Crippen LogP contribution < -0.4 is 30.9 Å². The van der Waals surface area contributed by atoms with Gasteiger partial charge >= 0.3 is 0 Å². The third-order valence-electron chi connectivity index (χ3n) is 11.7. The van der Waals surface area contributed by atoms with Crippen molar-refractivity contribution in [1.82, 2.24) is 16.0 Å². The number of fused-ring (bicyclic) bond motifs is 2. The van der Waals surface area contributed by atoms with Gasteiger partial charge in [0, 0.05) is 54.6 Å². The molecule has 0 spiro atoms. The largest absolute Gasteiger partial charge is 0.484 e. The van der Waals surface area contributed by atoms with E-state index in [9.17, 15) is 14.4 Å². The van der Waals surface area contributed by atoms with E-state index >= 15 is 0 Å². The number of hydrogen-bond donors (Lipinski definition) is 4. The van der Waals surface area contributed by atoms with Crippen molar-refractivity contribution >= 4 is 40.7 Å². The van der Waals surface area contributed by atoms with Crippen molar-refractivity contribution in [2.75, 3.05) is 96.0 Å². The highest BCUT2D eigenvalue weighted by molar-refractivity contribution is 6.30. The van der Waals surface area contributed by atoms with Crippen LogP contribution in [-0.2, 0) is 39.8 Å². The highest BCUT2D eigenvalue weighted by atomic mass is 35.5. The molecule has 0 saturated heterocycles. The van der Waals surface area contributed by atoms with E-state index in [2.05, 4.69) is 58.5 Å². The Bertz CT molecular complexity index is 2390. The van der Waals surface area contributed by atoms with Crippen molar-refractivity contribution in [1.29, 1.82) is 0 Å². The number of carbonyl (C=O) groups is 3. The Morgan fingerprint density at radius 1 is 0.676 bits per heavy atom. The van der Waals surface area contributed by atoms with Crippen molar-refractivity contribution in [2.24, 2.45) is 0 Å². The molecule has 0 aromatic heterocycles. The van der Waals surface area contributed by atoms with Gasteiger partial charge in [0.2, 0.25) is 5.91 Å². The molecular formula is C53H62ClN5O9. The molecule has 5 aromatic carbocycles. The number of benzene rings is 5. The summed E-state index contributed by atoms with van der Waals surface area (Å²) in [5, 5.41) is 13.6. The third kappa shape index (κ3) is 14.6. The second-order valence-electron chi connectivity index (χ2n) is 16.6. The van der Waals surface area contributed by atoms with E-state index in [1.807, 2.05) is 89.8 Å². The summed E-state index contributed by atoms with van der Waals surface area (Å²) in [5.41, 5.74) is 9.16. The van der Waals surface area contributed by atoms with Crippen LogP contribution in [0.5, 0.6) is 5.75 Å². The van der Waals surface area contributed by atoms with E-state index in [-0.39, 0.29) is 42.5 Å². The third-order valence-corrected chi connectivity index (χ3v) is 12.0. The normalized spacial score (nSPS) is 16.2. The molecule has 0 fully saturated rings. The van der Waals surface area contributed by atoms with Gasteiger partial charge in [-0.2, -0.15) is 0 Å². The van der Waals surface area contributed by atoms with Crippen LogP contribution in [0.15, 0.2) is 115 Å². The van der Waals surface area contributed by atoms with Gasteiger partial charge in [-0.25, -0.2) is 0 Å². The quantitative estimate of drug-likeness (QED) is 0.0407. The van der Waals surface area contributed by atoms with Gasteiger partial charge < -0.3 is 54.6 Å². The Morgan fingerprint density at radius 2 is 1.28 bits per heavy atom. The molecule has 15 heteroatoms. The predicted molar refractivity (Wildman–Crippen MR) is 263 cm³/mol. The molecule has 7 rings (SSSR count). The molecule has 2 aliphatic heterocycles. The minimum atomic E-state index is -0.211. The van der Waals surface area contributed by atoms with E-state index < -0.39 is 0 Å². The molecule has 2 heterocycles. The number of anilines is 2. The summed E-state index contributed by atoms with van der Waals surface area (Å²) >= 11 is 6.12. The fourth-order valence-corrected chi connectivity index (χ4v) is 8.48. The van der Waals surface area contributed by atoms with Gasteiger partial charge in [0.05, 0.1) is 78.2 Å². The fraction of sp³-hybridized carbons (Fsp3) is 0.377. The molecule has 4 N–H and O–H groups in total. The molecule has 0 saturated carbocycles. The smallest absolute Gasteiger partial charge is 0.258 e. The lowest BCUT2D eigenvalue weighted by molar-refractivity contribution is -0.123. The summed E-state index contributed by atoms with van der Waals surface area (Å²) in [7, 11) is 0. The first-order valence-corrected chi connectivity index (χ1v) is 23.6. The fourth-order valence-electron chi connectivity index (χ4n) is 8.36. The maximum absolute atomic E-state index is 12.9. The second kappa shape index (κ2) is 26.1. The lowest BCUT2D eigenvalue weighted by Gasteiger charge is -2.39. The molecule has 2 aliphatic rings. The zero-order valence-electron chi connectivity index (χ0n) is 38.8. The minimum Gasteiger partial charge on any atom is -0.484 e. The molecule has 3 atom stereocenters. The van der Waals surface area contributed by atoms with E-state index in [4.69, 9.17) is 40.0 Å². The molecule has 5 aromatic rings. The molecule has 0 aliphatic carbocycles. The Kier molecular flexibility index (Phi) is 19.2. The highest BCUT2D eigenvalue weighted by Crippen LogP contribution is 2.41. The first-order chi connectivity index (χ1) is 33.2. The maximum Gasteiger partial charge on any atom is 0.258 e. The zero-order chi connectivity index (χ0) is 47.5. The molecule has 68 heavy (non-hydrogen) atoms. The van der Waals surface area contributed by atoms with Crippen LogP contribution in [0.1, 0.15) is 65.0 Å². The standard InChI is InChI=1S/C53H62ClN5O9/c1-37-33-49(58-45-16-14-44(54)15-17-45)48-34-42(13-20-50(48)59(37)38(2)60)39-7-9-41(10-8-39)53(62)56-22-24-64-26-28-66-30-32-67-31-29-65-27-25-63-23-21-55-51(61)36-68-46-18-11-40(12-19-46)52-47-6-4-3-5-43(47)35-57-52/h3-20,34,37,49,52,57-58H,21-33,35-36H2,1-2H3,(H,55,61)(H,56,62)/t37-,49+,52?/m0/s1. The van der Waals surface area contributed by atoms with Crippen molar-refractivity contribution < 1.29 is 42.8 Å². The number of hydrogen-bond acceptors (Lipinski definition) is 11. The number of carbonyl (C=O) groups excluding carboxylic acids is 3. The van der Waals surface area contributed by atoms with Crippen molar-refractivity contribution in [2.45, 2.75) is 44.9 Å². The van der Waals surface area contributed by atoms with Gasteiger partial charge in [-0.3, -0.25) is 14.4 Å². The maximum atomic E-state index is 12.9. The average Bonchev–Trinajstić information content (AvgIpc) is 3.79. The Balaban J connectivity index is 0.664. The topological polar surface area (TPSA) is 158 Å². The second-order valence-corrected chi connectivity index (χ2v) is 17.0. The van der Waals surface area contributed by atoms with E-state index in [0.29, 0.717) is 95.5 Å². The minimum absolute atomic E-state index is 0.00780. The number of rotatable bonds is 26. The van der Waals surface area contributed by atoms with Crippen LogP contribution in [0.2, 0.25) is 5.02 Å². The number of ether oxygens (including phenoxy) is 6. The predicted octanol–water partition coefficient (Wildman–Crippen LogP) is 7.51. The van der Waals surface area contributed by atoms with Crippen molar-refractivity contribution in [3.05, 3.63) is 148 Å². The summed E-state index contributed by atoms with van der Waals surface area (Å²) in [4.78, 5) is 39.6. The lowest BCUT2D eigenvalue weighted by Crippen LogP contribution is -2.43. The first kappa shape index (κ1) is 50.0. The highest BCUT2D eigenvalue weighted by Gasteiger charge is 2.33. The first-order valence-electron chi connectivity index (χ1n) is 23.3. The lowest BCUT2D eigenvalue weighted by atomic mass is 9.88. The number of halogens is 1. The summed E-state index contributed by atoms with van der Waals surface area (Å²) in [6.07, 6.45) is 0.748. The number of amides is 3. The zero-order valence-corrected chi connectivity index (χ0v) is 39.6. The van der Waals surface area contributed by atoms with Crippen LogP contribution in [0, 0.1) is 0 Å². The number of nitrogens with zero attached hydrogens (tertiary/aromatic N) is 1. The van der Waals surface area contributed by atoms with Gasteiger partial charge in [0.15, 0.2) is 6.61 Å². The van der Waals surface area contributed by atoms with E-state index in [1.54, 1.807) is 6.92 Å². The van der Waals surface area contributed by atoms with Gasteiger partial charge in [0.25, 0.3) is 11.8 Å². The molecular weight excluding hydrogens is 886 g/mol. The van der Waals surface area contributed by atoms with Gasteiger partial charge in [0.1, 0.15) is 5.75 Å². The van der Waals surface area contributed by atoms with E-state index in [1.165, 1.54) is 11.1 Å². The summed E-state index contributed by atoms with van der Waals surface area (Å²) < 4.78 is 33.5. The SMILES string of the molecule is CC(=O)N1c2ccc(-c3ccc(C(=O)NCCOCCOCCOCCOCCOCCNC(=O)COc4ccc(C5NCc6ccccc65)cc4)cc3)cc2[C@H](Nc2ccc(Cl)cc2)C[C@@H]1C. The number of nitrogens with one attached hydrogen (secondary N) is 4. The van der Waals surface area contributed by atoms with Crippen LogP contribution >= 0.6 is 11.6 Å². The molecule has 14 nitrogen and oxygen atoms in total. The molecule has 0 radical (unpaired) electrons. The van der Waals surface area contributed by atoms with Crippen molar-refractivity contribution in [3.63, 3.8) is 0 Å². The van der Waals surface area contributed by atoms with Crippen molar-refractivity contribution in [3.8, 4) is 16.9 Å². The summed E-state index contributed by atoms with van der Waals surface area (Å²) in [6, 6.07) is 37.7. The van der Waals surface area contributed by atoms with Gasteiger partial charge in [-0.1, -0.05) is 66.2 Å². The molecule has 360 valence electrons. The van der Waals surface area contributed by atoms with Crippen LogP contribution in [0.3, 0.4) is 0 Å². The molecule has 0 bridgehead atoms. The Hall–Kier alpha value is -5.84. The molecule has 3 amide bonds. The average molecular weight is 949 g/mol. The monoisotopic (exact) mass is 947 g/mol. The Morgan fingerprint density at radius 3 is 1.93 bits per heavy atom.